The maximum absolute atomic E-state index is 6.36. The van der Waals surface area contributed by atoms with Crippen molar-refractivity contribution >= 4 is 39.6 Å². The van der Waals surface area contributed by atoms with Crippen molar-refractivity contribution in [2.24, 2.45) is 5.92 Å². The van der Waals surface area contributed by atoms with Crippen molar-refractivity contribution in [3.05, 3.63) is 55.0 Å². The van der Waals surface area contributed by atoms with E-state index in [1.54, 1.807) is 12.1 Å². The predicted molar refractivity (Wildman–Crippen MR) is 121 cm³/mol. The molecule has 1 aliphatic heterocycles. The summed E-state index contributed by atoms with van der Waals surface area (Å²) in [6, 6.07) is 9.55. The van der Waals surface area contributed by atoms with Crippen molar-refractivity contribution in [3.8, 4) is 5.75 Å². The topological polar surface area (TPSA) is 114 Å². The Kier molecular flexibility index (Phi) is 4.71. The van der Waals surface area contributed by atoms with Crippen molar-refractivity contribution < 1.29 is 9.47 Å². The second-order valence-corrected chi connectivity index (χ2v) is 7.90. The lowest BCUT2D eigenvalue weighted by Gasteiger charge is -2.17. The summed E-state index contributed by atoms with van der Waals surface area (Å²) in [4.78, 5) is 12.9. The maximum atomic E-state index is 6.36. The third kappa shape index (κ3) is 3.44. The molecule has 0 aliphatic carbocycles. The first-order valence-corrected chi connectivity index (χ1v) is 10.2. The molecule has 1 fully saturated rings. The molecular formula is C23H24N6O2. The molecule has 3 unspecified atom stereocenters. The lowest BCUT2D eigenvalue weighted by Crippen LogP contribution is -2.23. The van der Waals surface area contributed by atoms with Gasteiger partial charge in [-0.1, -0.05) is 19.6 Å². The average molecular weight is 416 g/mol. The van der Waals surface area contributed by atoms with Gasteiger partial charge < -0.3 is 25.5 Å². The fourth-order valence-corrected chi connectivity index (χ4v) is 4.14. The molecule has 4 aromatic rings. The van der Waals surface area contributed by atoms with E-state index in [9.17, 15) is 0 Å². The summed E-state index contributed by atoms with van der Waals surface area (Å²) in [5.41, 5.74) is 14.3. The van der Waals surface area contributed by atoms with Gasteiger partial charge in [0.05, 0.1) is 17.0 Å². The van der Waals surface area contributed by atoms with Crippen molar-refractivity contribution in [2.45, 2.75) is 25.7 Å². The smallest absolute Gasteiger partial charge is 0.148 e. The van der Waals surface area contributed by atoms with Crippen LogP contribution in [0.4, 0.5) is 11.6 Å². The van der Waals surface area contributed by atoms with Crippen LogP contribution in [0.3, 0.4) is 0 Å². The Labute approximate surface area is 179 Å². The maximum Gasteiger partial charge on any atom is 0.148 e. The van der Waals surface area contributed by atoms with Crippen LogP contribution in [-0.2, 0) is 4.74 Å². The van der Waals surface area contributed by atoms with Crippen LogP contribution in [0.5, 0.6) is 5.75 Å². The van der Waals surface area contributed by atoms with E-state index in [4.69, 9.17) is 20.9 Å². The van der Waals surface area contributed by atoms with Gasteiger partial charge in [-0.25, -0.2) is 15.0 Å². The summed E-state index contributed by atoms with van der Waals surface area (Å²) in [6.45, 7) is 6.49. The Morgan fingerprint density at radius 1 is 1.26 bits per heavy atom. The van der Waals surface area contributed by atoms with Gasteiger partial charge in [-0.15, -0.1) is 0 Å². The van der Waals surface area contributed by atoms with Gasteiger partial charge in [-0.05, 0) is 36.6 Å². The van der Waals surface area contributed by atoms with Crippen LogP contribution >= 0.6 is 0 Å². The summed E-state index contributed by atoms with van der Waals surface area (Å²) >= 11 is 0. The number of nitrogens with two attached hydrogens (primary N) is 2. The average Bonchev–Trinajstić information content (AvgIpc) is 3.32. The fraction of sp³-hybridized carbons (Fsp3) is 0.261. The van der Waals surface area contributed by atoms with Crippen LogP contribution in [0.25, 0.3) is 28.0 Å². The summed E-state index contributed by atoms with van der Waals surface area (Å²) in [5.74, 6) is 1.98. The molecule has 3 aromatic heterocycles. The molecule has 31 heavy (non-hydrogen) atoms. The number of hydrogen-bond donors (Lipinski definition) is 2. The molecule has 8 nitrogen and oxygen atoms in total. The first-order chi connectivity index (χ1) is 15.0. The number of aromatic nitrogens is 4. The number of rotatable bonds is 5. The number of ether oxygens (including phenoxy) is 2. The Balaban J connectivity index is 1.34. The minimum atomic E-state index is -0.160. The zero-order valence-electron chi connectivity index (χ0n) is 17.2. The molecule has 5 rings (SSSR count). The van der Waals surface area contributed by atoms with Crippen LogP contribution in [0.1, 0.15) is 25.1 Å². The standard InChI is InChI=1S/C23H24N6O2/c1-3-14-10-29(23-21(14)22(25)26-12-27-23)20-8-13(2)18(31-20)11-30-16-6-4-15-5-7-19(24)28-17(15)9-16/h3-7,9-10,12-13,18,20H,1,8,11H2,2H3,(H2,24,28)(H2,25,26,27). The SMILES string of the molecule is C=Cc1cn(C2CC(C)C(COc3ccc4ccc(N)nc4c3)O2)c2ncnc(N)c12. The van der Waals surface area contributed by atoms with Gasteiger partial charge in [0.15, 0.2) is 0 Å². The highest BCUT2D eigenvalue weighted by atomic mass is 16.6. The van der Waals surface area contributed by atoms with Gasteiger partial charge in [0.1, 0.15) is 42.2 Å². The highest BCUT2D eigenvalue weighted by molar-refractivity contribution is 5.94. The molecule has 0 radical (unpaired) electrons. The molecule has 158 valence electrons. The lowest BCUT2D eigenvalue weighted by atomic mass is 10.0. The van der Waals surface area contributed by atoms with Gasteiger partial charge in [0.25, 0.3) is 0 Å². The number of nitrogens with zero attached hydrogens (tertiary/aromatic N) is 4. The largest absolute Gasteiger partial charge is 0.491 e. The normalized spacial score (nSPS) is 21.0. The summed E-state index contributed by atoms with van der Waals surface area (Å²) in [6.07, 6.45) is 5.83. The van der Waals surface area contributed by atoms with E-state index in [2.05, 4.69) is 28.5 Å². The Hall–Kier alpha value is -3.65. The van der Waals surface area contributed by atoms with E-state index in [1.165, 1.54) is 6.33 Å². The third-order valence-electron chi connectivity index (χ3n) is 5.84. The van der Waals surface area contributed by atoms with Crippen molar-refractivity contribution in [1.29, 1.82) is 0 Å². The second kappa shape index (κ2) is 7.55. The molecule has 1 aromatic carbocycles. The monoisotopic (exact) mass is 416 g/mol. The molecule has 0 bridgehead atoms. The van der Waals surface area contributed by atoms with Gasteiger partial charge >= 0.3 is 0 Å². The molecule has 0 saturated carbocycles. The van der Waals surface area contributed by atoms with Crippen molar-refractivity contribution in [3.63, 3.8) is 0 Å². The first kappa shape index (κ1) is 19.3. The fourth-order valence-electron chi connectivity index (χ4n) is 4.14. The summed E-state index contributed by atoms with van der Waals surface area (Å²) in [7, 11) is 0. The Bertz CT molecular complexity index is 1280. The Morgan fingerprint density at radius 3 is 2.94 bits per heavy atom. The molecule has 8 heteroatoms. The molecule has 1 aliphatic rings. The zero-order chi connectivity index (χ0) is 21.5. The highest BCUT2D eigenvalue weighted by Gasteiger charge is 2.35. The van der Waals surface area contributed by atoms with Crippen LogP contribution in [0.2, 0.25) is 0 Å². The van der Waals surface area contributed by atoms with Crippen LogP contribution in [0, 0.1) is 5.92 Å². The number of fused-ring (bicyclic) bond motifs is 2. The van der Waals surface area contributed by atoms with Crippen molar-refractivity contribution in [1.82, 2.24) is 19.5 Å². The van der Waals surface area contributed by atoms with E-state index in [0.717, 1.165) is 39.7 Å². The summed E-state index contributed by atoms with van der Waals surface area (Å²) < 4.78 is 14.4. The van der Waals surface area contributed by atoms with Gasteiger partial charge in [0.2, 0.25) is 0 Å². The van der Waals surface area contributed by atoms with Crippen LogP contribution in [-0.4, -0.2) is 32.2 Å². The molecule has 3 atom stereocenters. The number of hydrogen-bond acceptors (Lipinski definition) is 7. The third-order valence-corrected chi connectivity index (χ3v) is 5.84. The number of benzene rings is 1. The van der Waals surface area contributed by atoms with Crippen molar-refractivity contribution in [2.75, 3.05) is 18.1 Å². The van der Waals surface area contributed by atoms with E-state index >= 15 is 0 Å². The number of nitrogen functional groups attached to an aromatic ring is 2. The minimum Gasteiger partial charge on any atom is -0.491 e. The Morgan fingerprint density at radius 2 is 2.10 bits per heavy atom. The van der Waals surface area contributed by atoms with Crippen LogP contribution < -0.4 is 16.2 Å². The van der Waals surface area contributed by atoms with Crippen LogP contribution in [0.15, 0.2) is 49.4 Å². The number of anilines is 2. The van der Waals surface area contributed by atoms with Gasteiger partial charge in [-0.2, -0.15) is 0 Å². The minimum absolute atomic E-state index is 0.0571. The van der Waals surface area contributed by atoms with E-state index in [-0.39, 0.29) is 12.3 Å². The zero-order valence-corrected chi connectivity index (χ0v) is 17.2. The molecule has 4 heterocycles. The molecular weight excluding hydrogens is 392 g/mol. The molecule has 4 N–H and O–H groups in total. The summed E-state index contributed by atoms with van der Waals surface area (Å²) in [5, 5.41) is 1.82. The molecule has 1 saturated heterocycles. The molecule has 0 amide bonds. The van der Waals surface area contributed by atoms with Gasteiger partial charge in [0, 0.05) is 23.2 Å². The van der Waals surface area contributed by atoms with E-state index in [1.807, 2.05) is 35.0 Å². The highest BCUT2D eigenvalue weighted by Crippen LogP contribution is 2.37. The van der Waals surface area contributed by atoms with E-state index in [0.29, 0.717) is 24.2 Å². The lowest BCUT2D eigenvalue weighted by molar-refractivity contribution is -0.0224. The number of pyridine rings is 1. The second-order valence-electron chi connectivity index (χ2n) is 7.90. The first-order valence-electron chi connectivity index (χ1n) is 10.2. The molecule has 0 spiro atoms. The predicted octanol–water partition coefficient (Wildman–Crippen LogP) is 3.79. The quantitative estimate of drug-likeness (QED) is 0.509. The van der Waals surface area contributed by atoms with Gasteiger partial charge in [-0.3, -0.25) is 0 Å². The van der Waals surface area contributed by atoms with E-state index < -0.39 is 0 Å².